The lowest BCUT2D eigenvalue weighted by molar-refractivity contribution is 0.354. The fraction of sp³-hybridized carbons (Fsp3) is 0.407. The number of allylic oxidation sites excluding steroid dienone is 3. The molecule has 0 aliphatic rings. The first-order chi connectivity index (χ1) is 13.5. The van der Waals surface area contributed by atoms with E-state index in [9.17, 15) is 0 Å². The minimum Gasteiger partial charge on any atom is -0.493 e. The molecule has 2 aromatic carbocycles. The summed E-state index contributed by atoms with van der Waals surface area (Å²) in [5, 5.41) is 0. The summed E-state index contributed by atoms with van der Waals surface area (Å²) in [6.45, 7) is 15.5. The number of aryl methyl sites for hydroxylation is 2. The van der Waals surface area contributed by atoms with Gasteiger partial charge in [0.05, 0.1) is 14.2 Å². The number of ether oxygens (including phenoxy) is 2. The summed E-state index contributed by atoms with van der Waals surface area (Å²) in [5.41, 5.74) is 3.99. The maximum atomic E-state index is 5.30. The van der Waals surface area contributed by atoms with E-state index >= 15 is 0 Å². The van der Waals surface area contributed by atoms with Crippen molar-refractivity contribution in [1.29, 1.82) is 0 Å². The summed E-state index contributed by atoms with van der Waals surface area (Å²) >= 11 is 0. The van der Waals surface area contributed by atoms with Gasteiger partial charge in [-0.3, -0.25) is 0 Å². The summed E-state index contributed by atoms with van der Waals surface area (Å²) in [5.74, 6) is 1.57. The normalized spacial score (nSPS) is 8.14. The SMILES string of the molecule is C.C=CC.CC.CC=C(C)C.COc1ccc(CCc2ccccc2)cc1OC. The molecule has 0 N–H and O–H groups in total. The Morgan fingerprint density at radius 2 is 1.28 bits per heavy atom. The van der Waals surface area contributed by atoms with Crippen molar-refractivity contribution in [3.05, 3.63) is 84.0 Å². The zero-order valence-electron chi connectivity index (χ0n) is 19.2. The molecule has 0 saturated carbocycles. The minimum atomic E-state index is 0. The highest BCUT2D eigenvalue weighted by Crippen LogP contribution is 2.27. The van der Waals surface area contributed by atoms with Crippen molar-refractivity contribution in [1.82, 2.24) is 0 Å². The molecule has 0 saturated heterocycles. The Morgan fingerprint density at radius 3 is 1.69 bits per heavy atom. The van der Waals surface area contributed by atoms with Gasteiger partial charge < -0.3 is 9.47 Å². The van der Waals surface area contributed by atoms with Gasteiger partial charge in [-0.05, 0) is 63.8 Å². The van der Waals surface area contributed by atoms with E-state index in [1.807, 2.05) is 45.9 Å². The molecule has 29 heavy (non-hydrogen) atoms. The maximum Gasteiger partial charge on any atom is 0.160 e. The molecule has 0 amide bonds. The van der Waals surface area contributed by atoms with Crippen molar-refractivity contribution in [3.8, 4) is 11.5 Å². The van der Waals surface area contributed by atoms with E-state index in [1.54, 1.807) is 20.3 Å². The minimum absolute atomic E-state index is 0. The lowest BCUT2D eigenvalue weighted by atomic mass is 10.0. The summed E-state index contributed by atoms with van der Waals surface area (Å²) in [4.78, 5) is 0. The molecule has 0 fully saturated rings. The molecule has 0 atom stereocenters. The second-order valence-corrected chi connectivity index (χ2v) is 5.95. The zero-order chi connectivity index (χ0) is 21.8. The van der Waals surface area contributed by atoms with Crippen LogP contribution in [0.15, 0.2) is 72.8 Å². The van der Waals surface area contributed by atoms with E-state index in [0.29, 0.717) is 0 Å². The molecular formula is C27H44O2. The third-order valence-corrected chi connectivity index (χ3v) is 3.57. The summed E-state index contributed by atoms with van der Waals surface area (Å²) in [6.07, 6.45) is 5.88. The van der Waals surface area contributed by atoms with Gasteiger partial charge in [-0.2, -0.15) is 0 Å². The Balaban J connectivity index is -0.000000522. The second-order valence-electron chi connectivity index (χ2n) is 5.95. The fourth-order valence-corrected chi connectivity index (χ4v) is 1.97. The van der Waals surface area contributed by atoms with Crippen LogP contribution in [0.1, 0.15) is 60.1 Å². The van der Waals surface area contributed by atoms with E-state index < -0.39 is 0 Å². The van der Waals surface area contributed by atoms with Crippen LogP contribution in [-0.4, -0.2) is 14.2 Å². The van der Waals surface area contributed by atoms with Gasteiger partial charge >= 0.3 is 0 Å². The van der Waals surface area contributed by atoms with Crippen molar-refractivity contribution in [3.63, 3.8) is 0 Å². The van der Waals surface area contributed by atoms with Crippen molar-refractivity contribution in [2.24, 2.45) is 0 Å². The van der Waals surface area contributed by atoms with Crippen molar-refractivity contribution in [2.75, 3.05) is 14.2 Å². The largest absolute Gasteiger partial charge is 0.493 e. The van der Waals surface area contributed by atoms with E-state index in [4.69, 9.17) is 9.47 Å². The van der Waals surface area contributed by atoms with Crippen LogP contribution < -0.4 is 9.47 Å². The molecule has 2 rings (SSSR count). The van der Waals surface area contributed by atoms with Crippen LogP contribution in [-0.2, 0) is 12.8 Å². The fourth-order valence-electron chi connectivity index (χ4n) is 1.97. The van der Waals surface area contributed by atoms with Gasteiger partial charge in [-0.1, -0.05) is 75.4 Å². The smallest absolute Gasteiger partial charge is 0.160 e. The van der Waals surface area contributed by atoms with Crippen LogP contribution in [0.3, 0.4) is 0 Å². The Bertz CT molecular complexity index is 639. The standard InChI is InChI=1S/C16H18O2.C5H10.C3H6.C2H6.CH4/c1-17-15-11-10-14(12-16(15)18-2)9-8-13-6-4-3-5-7-13;1-4-5(2)3;1-3-2;1-2;/h3-7,10-12H,8-9H2,1-2H3;4H,1-3H3;3H,1H2,2H3;1-2H3;1H4. The molecule has 0 heterocycles. The Labute approximate surface area is 181 Å². The third kappa shape index (κ3) is 16.2. The molecule has 2 aromatic rings. The summed E-state index contributed by atoms with van der Waals surface area (Å²) in [6, 6.07) is 16.6. The predicted octanol–water partition coefficient (Wildman–Crippen LogP) is 8.32. The van der Waals surface area contributed by atoms with Crippen LogP contribution in [0.4, 0.5) is 0 Å². The van der Waals surface area contributed by atoms with Crippen LogP contribution >= 0.6 is 0 Å². The third-order valence-electron chi connectivity index (χ3n) is 3.57. The topological polar surface area (TPSA) is 18.5 Å². The van der Waals surface area contributed by atoms with E-state index in [1.165, 1.54) is 16.7 Å². The van der Waals surface area contributed by atoms with Crippen molar-refractivity contribution in [2.45, 2.75) is 61.8 Å². The van der Waals surface area contributed by atoms with Gasteiger partial charge in [0.15, 0.2) is 11.5 Å². The molecule has 0 spiro atoms. The lowest BCUT2D eigenvalue weighted by Crippen LogP contribution is -1.94. The highest BCUT2D eigenvalue weighted by molar-refractivity contribution is 5.43. The van der Waals surface area contributed by atoms with Gasteiger partial charge in [0.25, 0.3) is 0 Å². The highest BCUT2D eigenvalue weighted by atomic mass is 16.5. The van der Waals surface area contributed by atoms with Crippen molar-refractivity contribution < 1.29 is 9.47 Å². The quantitative estimate of drug-likeness (QED) is 0.470. The Morgan fingerprint density at radius 1 is 0.828 bits per heavy atom. The van der Waals surface area contributed by atoms with Crippen molar-refractivity contribution >= 4 is 0 Å². The molecule has 2 heteroatoms. The Hall–Kier alpha value is -2.48. The van der Waals surface area contributed by atoms with Crippen LogP contribution in [0, 0.1) is 0 Å². The number of methoxy groups -OCH3 is 2. The van der Waals surface area contributed by atoms with Gasteiger partial charge in [0, 0.05) is 0 Å². The van der Waals surface area contributed by atoms with Gasteiger partial charge in [-0.25, -0.2) is 0 Å². The lowest BCUT2D eigenvalue weighted by Gasteiger charge is -2.09. The number of rotatable bonds is 5. The molecule has 164 valence electrons. The van der Waals surface area contributed by atoms with Gasteiger partial charge in [0.1, 0.15) is 0 Å². The number of benzene rings is 2. The molecule has 0 radical (unpaired) electrons. The van der Waals surface area contributed by atoms with Gasteiger partial charge in [0.2, 0.25) is 0 Å². The van der Waals surface area contributed by atoms with Crippen LogP contribution in [0.5, 0.6) is 11.5 Å². The van der Waals surface area contributed by atoms with Crippen LogP contribution in [0.25, 0.3) is 0 Å². The molecule has 0 aliphatic heterocycles. The first-order valence-electron chi connectivity index (χ1n) is 9.93. The number of hydrogen-bond donors (Lipinski definition) is 0. The second kappa shape index (κ2) is 21.8. The van der Waals surface area contributed by atoms with Crippen LogP contribution in [0.2, 0.25) is 0 Å². The summed E-state index contributed by atoms with van der Waals surface area (Å²) in [7, 11) is 3.32. The van der Waals surface area contributed by atoms with E-state index in [0.717, 1.165) is 24.3 Å². The van der Waals surface area contributed by atoms with E-state index in [2.05, 4.69) is 56.8 Å². The predicted molar refractivity (Wildman–Crippen MR) is 132 cm³/mol. The Kier molecular flexibility index (Phi) is 23.5. The monoisotopic (exact) mass is 400 g/mol. The number of hydrogen-bond acceptors (Lipinski definition) is 2. The summed E-state index contributed by atoms with van der Waals surface area (Å²) < 4.78 is 10.5. The molecular weight excluding hydrogens is 356 g/mol. The first kappa shape index (κ1) is 31.2. The molecule has 0 aromatic heterocycles. The van der Waals surface area contributed by atoms with Gasteiger partial charge in [-0.15, -0.1) is 6.58 Å². The molecule has 2 nitrogen and oxygen atoms in total. The zero-order valence-corrected chi connectivity index (χ0v) is 19.2. The molecule has 0 bridgehead atoms. The van der Waals surface area contributed by atoms with E-state index in [-0.39, 0.29) is 7.43 Å². The average molecular weight is 401 g/mol. The maximum absolute atomic E-state index is 5.30. The highest BCUT2D eigenvalue weighted by Gasteiger charge is 2.04. The molecule has 0 aliphatic carbocycles. The molecule has 0 unspecified atom stereocenters. The average Bonchev–Trinajstić information content (AvgIpc) is 2.75. The first-order valence-corrected chi connectivity index (χ1v) is 9.93.